The lowest BCUT2D eigenvalue weighted by molar-refractivity contribution is -0.127. The van der Waals surface area contributed by atoms with Crippen molar-refractivity contribution < 1.29 is 9.59 Å². The van der Waals surface area contributed by atoms with Crippen molar-refractivity contribution in [2.45, 2.75) is 25.3 Å². The molecule has 172 valence electrons. The molecular formula is C22H35IN6O2. The first-order valence-corrected chi connectivity index (χ1v) is 10.8. The van der Waals surface area contributed by atoms with Gasteiger partial charge in [0.05, 0.1) is 6.54 Å². The largest absolute Gasteiger partial charge is 0.356 e. The van der Waals surface area contributed by atoms with Gasteiger partial charge in [0.2, 0.25) is 11.8 Å². The smallest absolute Gasteiger partial charge is 0.243 e. The molecule has 1 aliphatic carbocycles. The summed E-state index contributed by atoms with van der Waals surface area (Å²) in [4.78, 5) is 34.6. The number of aliphatic imine (C=N–C) groups is 1. The molecule has 0 aromatic heterocycles. The molecule has 2 amide bonds. The average Bonchev–Trinajstić information content (AvgIpc) is 3.55. The molecule has 2 fully saturated rings. The highest BCUT2D eigenvalue weighted by molar-refractivity contribution is 14.0. The maximum atomic E-state index is 12.0. The Balaban J connectivity index is 0.00000341. The number of halogens is 1. The molecule has 0 unspecified atom stereocenters. The molecule has 1 aromatic rings. The minimum absolute atomic E-state index is 0. The molecule has 3 rings (SSSR count). The van der Waals surface area contributed by atoms with Gasteiger partial charge in [-0.1, -0.05) is 30.3 Å². The third kappa shape index (κ3) is 9.02. The number of likely N-dealkylation sites (N-methyl/N-ethyl adjacent to an activating group) is 1. The van der Waals surface area contributed by atoms with Gasteiger partial charge < -0.3 is 20.4 Å². The molecule has 1 heterocycles. The standard InChI is InChI=1S/C22H34N6O2.HI/c1-26(2)21(30)16-24-22(23-11-10-18-6-4-3-5-7-18)28-14-12-27(13-15-28)17-20(29)25-19-8-9-19;/h3-7,19H,8-17H2,1-2H3,(H,23,24)(H,25,29);1H. The van der Waals surface area contributed by atoms with Crippen LogP contribution in [-0.4, -0.2) is 98.4 Å². The van der Waals surface area contributed by atoms with E-state index in [4.69, 9.17) is 0 Å². The molecule has 8 nitrogen and oxygen atoms in total. The molecule has 2 aliphatic rings. The van der Waals surface area contributed by atoms with E-state index < -0.39 is 0 Å². The number of carbonyl (C=O) groups excluding carboxylic acids is 2. The number of rotatable bonds is 8. The molecule has 1 saturated heterocycles. The molecule has 0 bridgehead atoms. The van der Waals surface area contributed by atoms with Crippen molar-refractivity contribution >= 4 is 41.8 Å². The Morgan fingerprint density at radius 1 is 1.10 bits per heavy atom. The van der Waals surface area contributed by atoms with Crippen LogP contribution >= 0.6 is 24.0 Å². The molecule has 2 N–H and O–H groups in total. The number of carbonyl (C=O) groups is 2. The molecule has 0 spiro atoms. The van der Waals surface area contributed by atoms with Crippen LogP contribution in [0.3, 0.4) is 0 Å². The molecule has 9 heteroatoms. The van der Waals surface area contributed by atoms with Gasteiger partial charge in [-0.3, -0.25) is 14.5 Å². The lowest BCUT2D eigenvalue weighted by atomic mass is 10.1. The second-order valence-electron chi connectivity index (χ2n) is 8.20. The summed E-state index contributed by atoms with van der Waals surface area (Å²) >= 11 is 0. The quantitative estimate of drug-likeness (QED) is 0.289. The van der Waals surface area contributed by atoms with Crippen molar-refractivity contribution in [3.05, 3.63) is 35.9 Å². The van der Waals surface area contributed by atoms with Crippen LogP contribution in [0, 0.1) is 0 Å². The van der Waals surface area contributed by atoms with Crippen molar-refractivity contribution in [3.63, 3.8) is 0 Å². The normalized spacial score (nSPS) is 17.0. The third-order valence-electron chi connectivity index (χ3n) is 5.38. The summed E-state index contributed by atoms with van der Waals surface area (Å²) in [6, 6.07) is 10.7. The van der Waals surface area contributed by atoms with Gasteiger partial charge in [-0.25, -0.2) is 4.99 Å². The fraction of sp³-hybridized carbons (Fsp3) is 0.591. The van der Waals surface area contributed by atoms with Gasteiger partial charge in [0.25, 0.3) is 0 Å². The van der Waals surface area contributed by atoms with E-state index in [2.05, 4.69) is 37.6 Å². The topological polar surface area (TPSA) is 80.3 Å². The monoisotopic (exact) mass is 542 g/mol. The Hall–Kier alpha value is -1.88. The summed E-state index contributed by atoms with van der Waals surface area (Å²) in [6.45, 7) is 4.51. The summed E-state index contributed by atoms with van der Waals surface area (Å²) < 4.78 is 0. The van der Waals surface area contributed by atoms with Gasteiger partial charge in [-0.2, -0.15) is 0 Å². The summed E-state index contributed by atoms with van der Waals surface area (Å²) in [5, 5.41) is 6.48. The van der Waals surface area contributed by atoms with E-state index in [0.29, 0.717) is 12.6 Å². The number of hydrogen-bond donors (Lipinski definition) is 2. The van der Waals surface area contributed by atoms with E-state index in [9.17, 15) is 9.59 Å². The number of guanidine groups is 1. The lowest BCUT2D eigenvalue weighted by Crippen LogP contribution is -2.54. The van der Waals surface area contributed by atoms with E-state index in [-0.39, 0.29) is 42.3 Å². The van der Waals surface area contributed by atoms with Crippen LogP contribution < -0.4 is 10.6 Å². The van der Waals surface area contributed by atoms with Crippen molar-refractivity contribution in [1.29, 1.82) is 0 Å². The van der Waals surface area contributed by atoms with Crippen molar-refractivity contribution in [2.75, 3.05) is 59.9 Å². The van der Waals surface area contributed by atoms with Gasteiger partial charge >= 0.3 is 0 Å². The molecule has 1 aliphatic heterocycles. The van der Waals surface area contributed by atoms with Crippen molar-refractivity contribution in [1.82, 2.24) is 25.3 Å². The molecule has 0 radical (unpaired) electrons. The van der Waals surface area contributed by atoms with Gasteiger partial charge in [-0.05, 0) is 24.8 Å². The zero-order valence-corrected chi connectivity index (χ0v) is 20.9. The van der Waals surface area contributed by atoms with E-state index in [1.807, 2.05) is 18.2 Å². The number of benzene rings is 1. The van der Waals surface area contributed by atoms with Gasteiger partial charge in [0.1, 0.15) is 6.54 Å². The van der Waals surface area contributed by atoms with E-state index >= 15 is 0 Å². The first kappa shape index (κ1) is 25.4. The molecule has 1 saturated carbocycles. The number of hydrogen-bond acceptors (Lipinski definition) is 4. The van der Waals surface area contributed by atoms with Crippen LogP contribution in [-0.2, 0) is 16.0 Å². The first-order valence-electron chi connectivity index (χ1n) is 10.8. The number of nitrogens with one attached hydrogen (secondary N) is 2. The third-order valence-corrected chi connectivity index (χ3v) is 5.38. The Bertz CT molecular complexity index is 731. The lowest BCUT2D eigenvalue weighted by Gasteiger charge is -2.36. The fourth-order valence-corrected chi connectivity index (χ4v) is 3.34. The highest BCUT2D eigenvalue weighted by Gasteiger charge is 2.26. The van der Waals surface area contributed by atoms with Crippen LogP contribution in [0.25, 0.3) is 0 Å². The average molecular weight is 542 g/mol. The highest BCUT2D eigenvalue weighted by atomic mass is 127. The van der Waals surface area contributed by atoms with E-state index in [1.165, 1.54) is 5.56 Å². The Kier molecular flexibility index (Phi) is 10.5. The zero-order chi connectivity index (χ0) is 21.3. The fourth-order valence-electron chi connectivity index (χ4n) is 3.34. The van der Waals surface area contributed by atoms with Crippen LogP contribution in [0.4, 0.5) is 0 Å². The van der Waals surface area contributed by atoms with Crippen LogP contribution in [0.15, 0.2) is 35.3 Å². The Labute approximate surface area is 202 Å². The minimum atomic E-state index is -0.0206. The zero-order valence-electron chi connectivity index (χ0n) is 18.5. The predicted octanol–water partition coefficient (Wildman–Crippen LogP) is 0.777. The second kappa shape index (κ2) is 12.8. The van der Waals surface area contributed by atoms with Crippen LogP contribution in [0.1, 0.15) is 18.4 Å². The van der Waals surface area contributed by atoms with E-state index in [0.717, 1.165) is 57.9 Å². The summed E-state index contributed by atoms with van der Waals surface area (Å²) in [5.41, 5.74) is 1.26. The van der Waals surface area contributed by atoms with Crippen LogP contribution in [0.5, 0.6) is 0 Å². The van der Waals surface area contributed by atoms with Crippen molar-refractivity contribution in [3.8, 4) is 0 Å². The highest BCUT2D eigenvalue weighted by Crippen LogP contribution is 2.18. The maximum Gasteiger partial charge on any atom is 0.243 e. The minimum Gasteiger partial charge on any atom is -0.356 e. The van der Waals surface area contributed by atoms with Gasteiger partial charge in [0.15, 0.2) is 5.96 Å². The molecule has 31 heavy (non-hydrogen) atoms. The number of piperazine rings is 1. The SMILES string of the molecule is CN(C)C(=O)CN=C(NCCc1ccccc1)N1CCN(CC(=O)NC2CC2)CC1.I. The Morgan fingerprint density at radius 2 is 1.77 bits per heavy atom. The maximum absolute atomic E-state index is 12.0. The Morgan fingerprint density at radius 3 is 2.39 bits per heavy atom. The van der Waals surface area contributed by atoms with Crippen LogP contribution in [0.2, 0.25) is 0 Å². The van der Waals surface area contributed by atoms with Gasteiger partial charge in [-0.15, -0.1) is 24.0 Å². The van der Waals surface area contributed by atoms with E-state index in [1.54, 1.807) is 19.0 Å². The second-order valence-corrected chi connectivity index (χ2v) is 8.20. The first-order chi connectivity index (χ1) is 14.5. The predicted molar refractivity (Wildman–Crippen MR) is 134 cm³/mol. The molecule has 0 atom stereocenters. The number of nitrogens with zero attached hydrogens (tertiary/aromatic N) is 4. The summed E-state index contributed by atoms with van der Waals surface area (Å²) in [7, 11) is 3.48. The number of amides is 2. The van der Waals surface area contributed by atoms with Gasteiger partial charge in [0, 0.05) is 52.9 Å². The summed E-state index contributed by atoms with van der Waals surface area (Å²) in [5.74, 6) is 0.869. The van der Waals surface area contributed by atoms with Crippen molar-refractivity contribution in [2.24, 2.45) is 4.99 Å². The summed E-state index contributed by atoms with van der Waals surface area (Å²) in [6.07, 6.45) is 3.11. The molecule has 1 aromatic carbocycles. The molecular weight excluding hydrogens is 507 g/mol.